The van der Waals surface area contributed by atoms with Gasteiger partial charge in [-0.3, -0.25) is 4.57 Å². The molecule has 5 aromatic rings. The lowest BCUT2D eigenvalue weighted by atomic mass is 10.1. The van der Waals surface area contributed by atoms with E-state index >= 15 is 0 Å². The number of nitrogens with zero attached hydrogens (tertiary/aromatic N) is 5. The van der Waals surface area contributed by atoms with E-state index in [-0.39, 0.29) is 0 Å². The lowest BCUT2D eigenvalue weighted by molar-refractivity contribution is 0.313. The second-order valence-electron chi connectivity index (χ2n) is 8.13. The highest BCUT2D eigenvalue weighted by Crippen LogP contribution is 2.30. The Balaban J connectivity index is 1.31. The van der Waals surface area contributed by atoms with Crippen LogP contribution in [0.3, 0.4) is 0 Å². The second kappa shape index (κ2) is 7.25. The van der Waals surface area contributed by atoms with Gasteiger partial charge in [0.2, 0.25) is 0 Å². The van der Waals surface area contributed by atoms with Crippen LogP contribution in [0.4, 0.5) is 5.69 Å². The van der Waals surface area contributed by atoms with Gasteiger partial charge in [-0.2, -0.15) is 0 Å². The van der Waals surface area contributed by atoms with Gasteiger partial charge in [0.25, 0.3) is 0 Å². The average molecular weight is 409 g/mol. The van der Waals surface area contributed by atoms with Crippen LogP contribution in [0.5, 0.6) is 0 Å². The van der Waals surface area contributed by atoms with E-state index in [2.05, 4.69) is 58.2 Å². The van der Waals surface area contributed by atoms with Crippen LogP contribution in [-0.2, 0) is 0 Å². The monoisotopic (exact) mass is 409 g/mol. The Morgan fingerprint density at radius 1 is 0.871 bits per heavy atom. The zero-order valence-corrected chi connectivity index (χ0v) is 17.4. The van der Waals surface area contributed by atoms with Crippen molar-refractivity contribution >= 4 is 27.8 Å². The van der Waals surface area contributed by atoms with Gasteiger partial charge in [0.1, 0.15) is 23.8 Å². The van der Waals surface area contributed by atoms with Crippen LogP contribution in [0.2, 0.25) is 0 Å². The number of benzene rings is 2. The van der Waals surface area contributed by atoms with Crippen LogP contribution in [0.25, 0.3) is 38.9 Å². The van der Waals surface area contributed by atoms with Crippen molar-refractivity contribution in [2.75, 3.05) is 38.1 Å². The van der Waals surface area contributed by atoms with E-state index in [1.165, 1.54) is 5.69 Å². The maximum atomic E-state index is 5.89. The second-order valence-corrected chi connectivity index (χ2v) is 8.13. The number of piperazine rings is 1. The van der Waals surface area contributed by atoms with Crippen LogP contribution < -0.4 is 4.90 Å². The average Bonchev–Trinajstić information content (AvgIpc) is 3.43. The highest BCUT2D eigenvalue weighted by atomic mass is 16.3. The molecule has 4 heterocycles. The van der Waals surface area contributed by atoms with Crippen molar-refractivity contribution in [2.24, 2.45) is 0 Å². The number of fused-ring (bicyclic) bond motifs is 2. The molecule has 0 radical (unpaired) electrons. The summed E-state index contributed by atoms with van der Waals surface area (Å²) in [5.74, 6) is 0. The summed E-state index contributed by atoms with van der Waals surface area (Å²) in [6.45, 7) is 4.35. The minimum absolute atomic E-state index is 0.772. The van der Waals surface area contributed by atoms with E-state index in [4.69, 9.17) is 9.40 Å². The number of para-hydroxylation sites is 2. The molecule has 0 amide bonds. The van der Waals surface area contributed by atoms with Gasteiger partial charge in [0.15, 0.2) is 5.58 Å². The molecular formula is C25H23N5O. The molecule has 0 spiro atoms. The number of rotatable bonds is 3. The van der Waals surface area contributed by atoms with Crippen LogP contribution in [-0.4, -0.2) is 52.7 Å². The summed E-state index contributed by atoms with van der Waals surface area (Å²) < 4.78 is 7.92. The standard InChI is InChI=1S/C25H23N5O/c1-28-10-12-29(13-11-28)20-8-6-18(7-9-20)19-14-24-25(26-15-19)23(16-31-24)30-17-27-21-4-2-3-5-22(21)30/h2-9,14-17H,10-13H2,1H3. The predicted molar refractivity (Wildman–Crippen MR) is 124 cm³/mol. The number of imidazole rings is 1. The number of likely N-dealkylation sites (N-methyl/N-ethyl adjacent to an activating group) is 1. The molecule has 1 aliphatic heterocycles. The molecule has 31 heavy (non-hydrogen) atoms. The first-order valence-corrected chi connectivity index (χ1v) is 10.6. The molecule has 0 atom stereocenters. The fourth-order valence-corrected chi connectivity index (χ4v) is 4.31. The predicted octanol–water partition coefficient (Wildman–Crippen LogP) is 4.59. The number of hydrogen-bond acceptors (Lipinski definition) is 5. The molecule has 2 aromatic carbocycles. The SMILES string of the molecule is CN1CCN(c2ccc(-c3cnc4c(-n5cnc6ccccc65)coc4c3)cc2)CC1. The summed E-state index contributed by atoms with van der Waals surface area (Å²) in [6.07, 6.45) is 5.50. The lowest BCUT2D eigenvalue weighted by Gasteiger charge is -2.34. The maximum Gasteiger partial charge on any atom is 0.155 e. The molecule has 0 N–H and O–H groups in total. The lowest BCUT2D eigenvalue weighted by Crippen LogP contribution is -2.44. The Morgan fingerprint density at radius 3 is 2.52 bits per heavy atom. The number of anilines is 1. The van der Waals surface area contributed by atoms with E-state index in [1.807, 2.05) is 35.3 Å². The largest absolute Gasteiger partial charge is 0.460 e. The third-order valence-electron chi connectivity index (χ3n) is 6.18. The Bertz CT molecular complexity index is 1360. The molecular weight excluding hydrogens is 386 g/mol. The molecule has 3 aromatic heterocycles. The molecule has 154 valence electrons. The zero-order valence-electron chi connectivity index (χ0n) is 17.4. The van der Waals surface area contributed by atoms with Crippen LogP contribution in [0.15, 0.2) is 77.8 Å². The van der Waals surface area contributed by atoms with E-state index < -0.39 is 0 Å². The number of aromatic nitrogens is 3. The first-order valence-electron chi connectivity index (χ1n) is 10.6. The summed E-state index contributed by atoms with van der Waals surface area (Å²) in [5.41, 5.74) is 7.96. The normalized spacial score (nSPS) is 15.2. The molecule has 6 rings (SSSR count). The van der Waals surface area contributed by atoms with Crippen molar-refractivity contribution in [3.8, 4) is 16.8 Å². The van der Waals surface area contributed by atoms with Crippen molar-refractivity contribution in [1.29, 1.82) is 0 Å². The van der Waals surface area contributed by atoms with Gasteiger partial charge in [-0.1, -0.05) is 24.3 Å². The highest BCUT2D eigenvalue weighted by molar-refractivity contribution is 5.88. The molecule has 6 nitrogen and oxygen atoms in total. The van der Waals surface area contributed by atoms with Gasteiger partial charge < -0.3 is 14.2 Å². The van der Waals surface area contributed by atoms with Crippen LogP contribution >= 0.6 is 0 Å². The number of pyridine rings is 1. The van der Waals surface area contributed by atoms with Gasteiger partial charge in [-0.25, -0.2) is 9.97 Å². The van der Waals surface area contributed by atoms with Gasteiger partial charge in [0, 0.05) is 43.6 Å². The Hall–Kier alpha value is -3.64. The Morgan fingerprint density at radius 2 is 1.68 bits per heavy atom. The topological polar surface area (TPSA) is 50.3 Å². The molecule has 0 bridgehead atoms. The minimum atomic E-state index is 0.772. The minimum Gasteiger partial charge on any atom is -0.460 e. The van der Waals surface area contributed by atoms with E-state index in [9.17, 15) is 0 Å². The van der Waals surface area contributed by atoms with Crippen molar-refractivity contribution in [3.63, 3.8) is 0 Å². The molecule has 0 unspecified atom stereocenters. The number of hydrogen-bond donors (Lipinski definition) is 0. The molecule has 6 heteroatoms. The summed E-state index contributed by atoms with van der Waals surface area (Å²) in [4.78, 5) is 14.0. The number of furan rings is 1. The van der Waals surface area contributed by atoms with E-state index in [0.717, 1.165) is 65.1 Å². The third-order valence-corrected chi connectivity index (χ3v) is 6.18. The third kappa shape index (κ3) is 3.16. The van der Waals surface area contributed by atoms with E-state index in [1.54, 1.807) is 6.26 Å². The fraction of sp³-hybridized carbons (Fsp3) is 0.200. The summed E-state index contributed by atoms with van der Waals surface area (Å²) in [5, 5.41) is 0. The van der Waals surface area contributed by atoms with Crippen molar-refractivity contribution in [1.82, 2.24) is 19.4 Å². The van der Waals surface area contributed by atoms with Crippen LogP contribution in [0, 0.1) is 0 Å². The molecule has 0 aliphatic carbocycles. The zero-order chi connectivity index (χ0) is 20.8. The van der Waals surface area contributed by atoms with Gasteiger partial charge in [-0.05, 0) is 42.9 Å². The molecule has 1 saturated heterocycles. The highest BCUT2D eigenvalue weighted by Gasteiger charge is 2.15. The fourth-order valence-electron chi connectivity index (χ4n) is 4.31. The van der Waals surface area contributed by atoms with Gasteiger partial charge >= 0.3 is 0 Å². The first-order chi connectivity index (χ1) is 15.3. The van der Waals surface area contributed by atoms with Gasteiger partial charge in [-0.15, -0.1) is 0 Å². The summed E-state index contributed by atoms with van der Waals surface area (Å²) in [7, 11) is 2.18. The van der Waals surface area contributed by atoms with Crippen LogP contribution in [0.1, 0.15) is 0 Å². The maximum absolute atomic E-state index is 5.89. The van der Waals surface area contributed by atoms with Crippen molar-refractivity contribution < 1.29 is 4.42 Å². The quantitative estimate of drug-likeness (QED) is 0.436. The first kappa shape index (κ1) is 18.2. The smallest absolute Gasteiger partial charge is 0.155 e. The van der Waals surface area contributed by atoms with E-state index in [0.29, 0.717) is 0 Å². The molecule has 1 fully saturated rings. The van der Waals surface area contributed by atoms with Gasteiger partial charge in [0.05, 0.1) is 11.0 Å². The summed E-state index contributed by atoms with van der Waals surface area (Å²) >= 11 is 0. The molecule has 1 aliphatic rings. The Kier molecular flexibility index (Phi) is 4.25. The molecule has 0 saturated carbocycles. The van der Waals surface area contributed by atoms with Crippen molar-refractivity contribution in [3.05, 3.63) is 73.4 Å². The Labute approximate surface area is 180 Å². The van der Waals surface area contributed by atoms with Crippen molar-refractivity contribution in [2.45, 2.75) is 0 Å². The summed E-state index contributed by atoms with van der Waals surface area (Å²) in [6, 6.07) is 18.9.